The van der Waals surface area contributed by atoms with Gasteiger partial charge in [-0.25, -0.2) is 9.18 Å². The normalized spacial score (nSPS) is 10.5. The number of amides is 1. The molecule has 7 nitrogen and oxygen atoms in total. The molecule has 0 atom stereocenters. The lowest BCUT2D eigenvalue weighted by Crippen LogP contribution is -2.20. The van der Waals surface area contributed by atoms with Crippen LogP contribution in [-0.4, -0.2) is 39.8 Å². The lowest BCUT2D eigenvalue weighted by molar-refractivity contribution is -0.142. The fourth-order valence-corrected chi connectivity index (χ4v) is 2.50. The number of hydrogen-bond acceptors (Lipinski definition) is 6. The summed E-state index contributed by atoms with van der Waals surface area (Å²) in [6.07, 6.45) is 2.63. The van der Waals surface area contributed by atoms with Crippen LogP contribution in [0, 0.1) is 5.82 Å². The van der Waals surface area contributed by atoms with Crippen LogP contribution in [-0.2, 0) is 14.3 Å². The Morgan fingerprint density at radius 2 is 1.72 bits per heavy atom. The molecule has 1 N–H and O–H groups in total. The highest BCUT2D eigenvalue weighted by atomic mass is 35.5. The van der Waals surface area contributed by atoms with E-state index in [-0.39, 0.29) is 10.7 Å². The van der Waals surface area contributed by atoms with Gasteiger partial charge >= 0.3 is 5.97 Å². The second-order valence-corrected chi connectivity index (χ2v) is 5.98. The average molecular weight is 424 g/mol. The lowest BCUT2D eigenvalue weighted by Gasteiger charge is -2.12. The van der Waals surface area contributed by atoms with Crippen LogP contribution >= 0.6 is 11.6 Å². The van der Waals surface area contributed by atoms with E-state index in [1.807, 2.05) is 0 Å². The SMILES string of the molecule is COc1cc(C=CC(=O)OCC(=O)Nc2ccc(F)c(Cl)c2)cc(OC)c1OC. The largest absolute Gasteiger partial charge is 0.493 e. The van der Waals surface area contributed by atoms with Crippen molar-refractivity contribution in [1.29, 1.82) is 0 Å². The number of methoxy groups -OCH3 is 3. The molecule has 0 saturated carbocycles. The highest BCUT2D eigenvalue weighted by molar-refractivity contribution is 6.31. The zero-order chi connectivity index (χ0) is 21.4. The summed E-state index contributed by atoms with van der Waals surface area (Å²) < 4.78 is 33.7. The molecule has 1 amide bonds. The molecule has 0 bridgehead atoms. The molecule has 0 heterocycles. The summed E-state index contributed by atoms with van der Waals surface area (Å²) in [7, 11) is 4.44. The number of hydrogen-bond donors (Lipinski definition) is 1. The molecule has 0 fully saturated rings. The zero-order valence-corrected chi connectivity index (χ0v) is 16.7. The molecular formula is C20H19ClFNO6. The Balaban J connectivity index is 1.95. The topological polar surface area (TPSA) is 83.1 Å². The third kappa shape index (κ3) is 6.11. The van der Waals surface area contributed by atoms with Crippen molar-refractivity contribution < 1.29 is 32.9 Å². The van der Waals surface area contributed by atoms with E-state index in [1.165, 1.54) is 39.5 Å². The average Bonchev–Trinajstić information content (AvgIpc) is 2.72. The van der Waals surface area contributed by atoms with Crippen LogP contribution in [0.3, 0.4) is 0 Å². The van der Waals surface area contributed by atoms with Gasteiger partial charge in [0.05, 0.1) is 26.4 Å². The van der Waals surface area contributed by atoms with E-state index in [0.717, 1.165) is 12.1 Å². The summed E-state index contributed by atoms with van der Waals surface area (Å²) in [5.41, 5.74) is 0.882. The monoisotopic (exact) mass is 423 g/mol. The molecule has 0 saturated heterocycles. The number of esters is 1. The van der Waals surface area contributed by atoms with Gasteiger partial charge in [0.25, 0.3) is 5.91 Å². The Hall–Kier alpha value is -3.26. The second-order valence-electron chi connectivity index (χ2n) is 5.58. The van der Waals surface area contributed by atoms with E-state index in [4.69, 9.17) is 30.5 Å². The predicted molar refractivity (Wildman–Crippen MR) is 106 cm³/mol. The minimum atomic E-state index is -0.731. The van der Waals surface area contributed by atoms with Gasteiger partial charge in [-0.2, -0.15) is 0 Å². The Morgan fingerprint density at radius 3 is 2.28 bits per heavy atom. The van der Waals surface area contributed by atoms with Gasteiger partial charge in [0, 0.05) is 11.8 Å². The first kappa shape index (κ1) is 22.0. The number of benzene rings is 2. The zero-order valence-electron chi connectivity index (χ0n) is 16.0. The fraction of sp³-hybridized carbons (Fsp3) is 0.200. The van der Waals surface area contributed by atoms with E-state index in [0.29, 0.717) is 22.8 Å². The molecule has 2 aromatic carbocycles. The molecule has 2 aromatic rings. The summed E-state index contributed by atoms with van der Waals surface area (Å²) >= 11 is 5.64. The second kappa shape index (κ2) is 10.3. The molecule has 0 aliphatic carbocycles. The van der Waals surface area contributed by atoms with Crippen molar-refractivity contribution in [2.75, 3.05) is 33.3 Å². The van der Waals surface area contributed by atoms with Gasteiger partial charge in [-0.3, -0.25) is 4.79 Å². The number of anilines is 1. The number of carbonyl (C=O) groups is 2. The number of halogens is 2. The van der Waals surface area contributed by atoms with E-state index in [2.05, 4.69) is 5.32 Å². The molecule has 0 radical (unpaired) electrons. The van der Waals surface area contributed by atoms with Crippen LogP contribution in [0.2, 0.25) is 5.02 Å². The third-order valence-corrected chi connectivity index (χ3v) is 3.94. The summed E-state index contributed by atoms with van der Waals surface area (Å²) in [6, 6.07) is 7.00. The lowest BCUT2D eigenvalue weighted by atomic mass is 10.1. The summed E-state index contributed by atoms with van der Waals surface area (Å²) in [5, 5.41) is 2.31. The Bertz CT molecular complexity index is 906. The van der Waals surface area contributed by atoms with Crippen LogP contribution in [0.5, 0.6) is 17.2 Å². The van der Waals surface area contributed by atoms with E-state index >= 15 is 0 Å². The molecule has 0 aliphatic heterocycles. The molecular weight excluding hydrogens is 405 g/mol. The van der Waals surface area contributed by atoms with Crippen molar-refractivity contribution in [2.45, 2.75) is 0 Å². The summed E-state index contributed by atoms with van der Waals surface area (Å²) in [6.45, 7) is -0.520. The first-order valence-corrected chi connectivity index (χ1v) is 8.65. The van der Waals surface area contributed by atoms with Crippen LogP contribution in [0.25, 0.3) is 6.08 Å². The number of ether oxygens (including phenoxy) is 4. The van der Waals surface area contributed by atoms with Crippen LogP contribution in [0.1, 0.15) is 5.56 Å². The minimum absolute atomic E-state index is 0.131. The van der Waals surface area contributed by atoms with E-state index < -0.39 is 24.3 Å². The highest BCUT2D eigenvalue weighted by Crippen LogP contribution is 2.38. The Labute approximate surface area is 172 Å². The van der Waals surface area contributed by atoms with Crippen molar-refractivity contribution in [3.8, 4) is 17.2 Å². The highest BCUT2D eigenvalue weighted by Gasteiger charge is 2.12. The third-order valence-electron chi connectivity index (χ3n) is 3.65. The molecule has 0 aliphatic rings. The van der Waals surface area contributed by atoms with Gasteiger partial charge in [0.1, 0.15) is 5.82 Å². The van der Waals surface area contributed by atoms with Gasteiger partial charge in [0.15, 0.2) is 18.1 Å². The van der Waals surface area contributed by atoms with Crippen molar-refractivity contribution in [1.82, 2.24) is 0 Å². The van der Waals surface area contributed by atoms with Crippen molar-refractivity contribution >= 4 is 35.2 Å². The van der Waals surface area contributed by atoms with Gasteiger partial charge in [-0.1, -0.05) is 11.6 Å². The van der Waals surface area contributed by atoms with Crippen LogP contribution in [0.15, 0.2) is 36.4 Å². The van der Waals surface area contributed by atoms with Gasteiger partial charge in [-0.05, 0) is 42.0 Å². The van der Waals surface area contributed by atoms with Crippen molar-refractivity contribution in [2.24, 2.45) is 0 Å². The molecule has 0 aromatic heterocycles. The predicted octanol–water partition coefficient (Wildman–Crippen LogP) is 3.70. The van der Waals surface area contributed by atoms with Crippen molar-refractivity contribution in [3.05, 3.63) is 52.8 Å². The summed E-state index contributed by atoms with van der Waals surface area (Å²) in [5.74, 6) is -0.650. The molecule has 0 unspecified atom stereocenters. The number of nitrogens with one attached hydrogen (secondary N) is 1. The smallest absolute Gasteiger partial charge is 0.331 e. The van der Waals surface area contributed by atoms with E-state index in [1.54, 1.807) is 12.1 Å². The maximum absolute atomic E-state index is 13.1. The quantitative estimate of drug-likeness (QED) is 0.515. The standard InChI is InChI=1S/C20H19ClFNO6/c1-26-16-8-12(9-17(27-2)20(16)28-3)4-7-19(25)29-11-18(24)23-13-5-6-15(22)14(21)10-13/h4-10H,11H2,1-3H3,(H,23,24). The van der Waals surface area contributed by atoms with Crippen molar-refractivity contribution in [3.63, 3.8) is 0 Å². The fourth-order valence-electron chi connectivity index (χ4n) is 2.32. The molecule has 154 valence electrons. The molecule has 29 heavy (non-hydrogen) atoms. The first-order chi connectivity index (χ1) is 13.9. The summed E-state index contributed by atoms with van der Waals surface area (Å²) in [4.78, 5) is 23.7. The first-order valence-electron chi connectivity index (χ1n) is 8.27. The molecule has 9 heteroatoms. The maximum atomic E-state index is 13.1. The number of carbonyl (C=O) groups excluding carboxylic acids is 2. The van der Waals surface area contributed by atoms with E-state index in [9.17, 15) is 14.0 Å². The molecule has 0 spiro atoms. The van der Waals surface area contributed by atoms with Crippen LogP contribution in [0.4, 0.5) is 10.1 Å². The van der Waals surface area contributed by atoms with Crippen LogP contribution < -0.4 is 19.5 Å². The maximum Gasteiger partial charge on any atom is 0.331 e. The van der Waals surface area contributed by atoms with Gasteiger partial charge in [-0.15, -0.1) is 0 Å². The van der Waals surface area contributed by atoms with Gasteiger partial charge < -0.3 is 24.3 Å². The minimum Gasteiger partial charge on any atom is -0.493 e. The van der Waals surface area contributed by atoms with Gasteiger partial charge in [0.2, 0.25) is 5.75 Å². The Kier molecular flexibility index (Phi) is 7.85. The molecule has 2 rings (SSSR count). The Morgan fingerprint density at radius 1 is 1.07 bits per heavy atom. The number of rotatable bonds is 8.